The predicted molar refractivity (Wildman–Crippen MR) is 34.5 cm³/mol. The minimum absolute atomic E-state index is 0. The van der Waals surface area contributed by atoms with Crippen LogP contribution in [0.1, 0.15) is 20.3 Å². The van der Waals surface area contributed by atoms with Crippen LogP contribution in [0.15, 0.2) is 0 Å². The molecule has 0 rings (SSSR count). The molecule has 2 nitrogen and oxygen atoms in total. The molecule has 0 aromatic heterocycles. The van der Waals surface area contributed by atoms with E-state index in [2.05, 4.69) is 0 Å². The van der Waals surface area contributed by atoms with Gasteiger partial charge >= 0.3 is 17.1 Å². The first-order valence-corrected chi connectivity index (χ1v) is 2.12. The van der Waals surface area contributed by atoms with E-state index >= 15 is 0 Å². The number of hydrogen-bond acceptors (Lipinski definition) is 2. The van der Waals surface area contributed by atoms with Crippen LogP contribution in [0.4, 0.5) is 0 Å². The topological polar surface area (TPSA) is 34.1 Å². The molecule has 3 heteroatoms. The Hall–Kier alpha value is -0.141. The Morgan fingerprint density at radius 2 is 1.38 bits per heavy atom. The van der Waals surface area contributed by atoms with Crippen molar-refractivity contribution in [3.63, 3.8) is 0 Å². The molecule has 0 aliphatic heterocycles. The molecule has 0 aromatic carbocycles. The van der Waals surface area contributed by atoms with Crippen LogP contribution in [0, 0.1) is 0 Å². The molecule has 0 spiro atoms. The molecule has 0 aliphatic rings. The van der Waals surface area contributed by atoms with Crippen molar-refractivity contribution < 1.29 is 9.59 Å². The second-order valence-electron chi connectivity index (χ2n) is 1.58. The SMILES string of the molecule is CC(=O)CC(C)=O.[SeH2]. The Kier molecular flexibility index (Phi) is 6.74. The number of carbonyl (C=O) groups excluding carboxylic acids is 2. The van der Waals surface area contributed by atoms with E-state index < -0.39 is 0 Å². The second-order valence-corrected chi connectivity index (χ2v) is 1.58. The fourth-order valence-electron chi connectivity index (χ4n) is 0.351. The summed E-state index contributed by atoms with van der Waals surface area (Å²) < 4.78 is 0. The van der Waals surface area contributed by atoms with Crippen LogP contribution in [0.5, 0.6) is 0 Å². The van der Waals surface area contributed by atoms with Gasteiger partial charge in [-0.2, -0.15) is 0 Å². The van der Waals surface area contributed by atoms with Gasteiger partial charge in [-0.1, -0.05) is 0 Å². The van der Waals surface area contributed by atoms with Crippen LogP contribution in [0.25, 0.3) is 0 Å². The van der Waals surface area contributed by atoms with Crippen molar-refractivity contribution in [3.8, 4) is 0 Å². The Bertz CT molecular complexity index is 86.6. The summed E-state index contributed by atoms with van der Waals surface area (Å²) in [5.74, 6) is -0.125. The molecule has 0 atom stereocenters. The Balaban J connectivity index is 0. The maximum absolute atomic E-state index is 10.0. The van der Waals surface area contributed by atoms with Gasteiger partial charge in [-0.05, 0) is 13.8 Å². The maximum atomic E-state index is 10.0. The monoisotopic (exact) mass is 182 g/mol. The van der Waals surface area contributed by atoms with E-state index in [1.807, 2.05) is 0 Å². The quantitative estimate of drug-likeness (QED) is 0.430. The average Bonchev–Trinajstić information content (AvgIpc) is 1.27. The van der Waals surface area contributed by atoms with Gasteiger partial charge in [0.2, 0.25) is 0 Å². The zero-order valence-corrected chi connectivity index (χ0v) is 7.12. The summed E-state index contributed by atoms with van der Waals surface area (Å²) in [5.41, 5.74) is 0. The number of Topliss-reactive ketones (excluding diaryl/α,β-unsaturated/α-hetero) is 2. The first kappa shape index (κ1) is 10.8. The van der Waals surface area contributed by atoms with Gasteiger partial charge in [-0.3, -0.25) is 9.59 Å². The third-order valence-electron chi connectivity index (χ3n) is 0.498. The van der Waals surface area contributed by atoms with E-state index in [1.165, 1.54) is 13.8 Å². The van der Waals surface area contributed by atoms with E-state index in [0.717, 1.165) is 0 Å². The van der Waals surface area contributed by atoms with Gasteiger partial charge in [0.1, 0.15) is 11.6 Å². The molecule has 8 heavy (non-hydrogen) atoms. The van der Waals surface area contributed by atoms with Gasteiger partial charge in [0.15, 0.2) is 0 Å². The molecule has 0 heterocycles. The van der Waals surface area contributed by atoms with Gasteiger partial charge in [0.25, 0.3) is 0 Å². The number of rotatable bonds is 2. The molecule has 0 saturated heterocycles. The first-order chi connectivity index (χ1) is 3.13. The molecule has 0 radical (unpaired) electrons. The van der Waals surface area contributed by atoms with Crippen molar-refractivity contribution in [2.75, 3.05) is 0 Å². The fourth-order valence-corrected chi connectivity index (χ4v) is 0.351. The van der Waals surface area contributed by atoms with Crippen molar-refractivity contribution >= 4 is 28.6 Å². The van der Waals surface area contributed by atoms with E-state index in [-0.39, 0.29) is 35.1 Å². The minimum atomic E-state index is -0.0625. The molecule has 0 fully saturated rings. The van der Waals surface area contributed by atoms with E-state index in [9.17, 15) is 9.59 Å². The van der Waals surface area contributed by atoms with Crippen LogP contribution in [0.2, 0.25) is 0 Å². The predicted octanol–water partition coefficient (Wildman–Crippen LogP) is -0.362. The summed E-state index contributed by atoms with van der Waals surface area (Å²) in [6.07, 6.45) is 0.0833. The van der Waals surface area contributed by atoms with Crippen LogP contribution in [0.3, 0.4) is 0 Å². The molecule has 48 valence electrons. The Labute approximate surface area is 59.1 Å². The fraction of sp³-hybridized carbons (Fsp3) is 0.600. The zero-order chi connectivity index (χ0) is 5.86. The molecule has 0 amide bonds. The second kappa shape index (κ2) is 5.01. The van der Waals surface area contributed by atoms with E-state index in [0.29, 0.717) is 0 Å². The first-order valence-electron chi connectivity index (χ1n) is 2.12. The number of carbonyl (C=O) groups is 2. The van der Waals surface area contributed by atoms with Gasteiger partial charge in [-0.25, -0.2) is 0 Å². The summed E-state index contributed by atoms with van der Waals surface area (Å²) in [6.45, 7) is 2.81. The molecule has 0 aromatic rings. The Morgan fingerprint density at radius 1 is 1.12 bits per heavy atom. The van der Waals surface area contributed by atoms with Crippen molar-refractivity contribution in [2.45, 2.75) is 20.3 Å². The van der Waals surface area contributed by atoms with Crippen LogP contribution >= 0.6 is 0 Å². The van der Waals surface area contributed by atoms with Crippen molar-refractivity contribution in [1.29, 1.82) is 0 Å². The number of ketones is 2. The molecule has 0 N–H and O–H groups in total. The van der Waals surface area contributed by atoms with Gasteiger partial charge in [0.05, 0.1) is 6.42 Å². The van der Waals surface area contributed by atoms with E-state index in [1.54, 1.807) is 0 Å². The van der Waals surface area contributed by atoms with Crippen molar-refractivity contribution in [1.82, 2.24) is 0 Å². The van der Waals surface area contributed by atoms with E-state index in [4.69, 9.17) is 0 Å². The standard InChI is InChI=1S/C5H8O2.H2Se/c1-4(6)3-5(2)7;/h3H2,1-2H3;1H2. The van der Waals surface area contributed by atoms with Crippen LogP contribution < -0.4 is 0 Å². The normalized spacial score (nSPS) is 7.25. The summed E-state index contributed by atoms with van der Waals surface area (Å²) in [7, 11) is 0. The van der Waals surface area contributed by atoms with Gasteiger partial charge in [-0.15, -0.1) is 0 Å². The molecule has 0 unspecified atom stereocenters. The van der Waals surface area contributed by atoms with Gasteiger partial charge < -0.3 is 0 Å². The average molecular weight is 181 g/mol. The molecule has 0 aliphatic carbocycles. The summed E-state index contributed by atoms with van der Waals surface area (Å²) in [5, 5.41) is 0. The molecule has 0 bridgehead atoms. The summed E-state index contributed by atoms with van der Waals surface area (Å²) >= 11 is 0. The number of hydrogen-bond donors (Lipinski definition) is 0. The van der Waals surface area contributed by atoms with Gasteiger partial charge in [0, 0.05) is 0 Å². The van der Waals surface area contributed by atoms with Crippen LogP contribution in [-0.2, 0) is 9.59 Å². The van der Waals surface area contributed by atoms with Crippen molar-refractivity contribution in [2.24, 2.45) is 0 Å². The Morgan fingerprint density at radius 3 is 1.38 bits per heavy atom. The molecule has 0 saturated carbocycles. The third-order valence-corrected chi connectivity index (χ3v) is 0.498. The summed E-state index contributed by atoms with van der Waals surface area (Å²) in [4.78, 5) is 20.1. The molecular formula is C5H10O2Se. The summed E-state index contributed by atoms with van der Waals surface area (Å²) in [6, 6.07) is 0. The van der Waals surface area contributed by atoms with Crippen LogP contribution in [-0.4, -0.2) is 28.6 Å². The third kappa shape index (κ3) is 9.29. The molecular weight excluding hydrogens is 171 g/mol. The zero-order valence-electron chi connectivity index (χ0n) is 5.02. The van der Waals surface area contributed by atoms with Crippen molar-refractivity contribution in [3.05, 3.63) is 0 Å².